The summed E-state index contributed by atoms with van der Waals surface area (Å²) in [5, 5.41) is 15.5. The van der Waals surface area contributed by atoms with E-state index in [1.165, 1.54) is 47.7 Å². The molecule has 0 saturated carbocycles. The Hall–Kier alpha value is -3.82. The molecule has 0 aliphatic rings. The van der Waals surface area contributed by atoms with Gasteiger partial charge in [0.05, 0.1) is 24.0 Å². The number of amides is 1. The average molecular weight is 356 g/mol. The molecule has 0 aliphatic heterocycles. The van der Waals surface area contributed by atoms with E-state index in [9.17, 15) is 14.0 Å². The number of carboxylic acids is 1. The summed E-state index contributed by atoms with van der Waals surface area (Å²) in [5.74, 6) is -2.74. The summed E-state index contributed by atoms with van der Waals surface area (Å²) >= 11 is 0. The predicted molar refractivity (Wildman–Crippen MR) is 89.1 cm³/mol. The van der Waals surface area contributed by atoms with Crippen molar-refractivity contribution in [3.05, 3.63) is 65.6 Å². The maximum absolute atomic E-state index is 14.2. The standard InChI is InChI=1S/C16H13FN6O3/c17-12-9(2-1-3-11(12)16(25)26)7-23-8-10(6-21-23)22-15(24)13-14(18)20-5-4-19-13/h1-6,8H,7H2,(H2,18,20)(H,22,24)(H,25,26). The highest BCUT2D eigenvalue weighted by Crippen LogP contribution is 2.16. The molecule has 0 unspecified atom stereocenters. The number of nitrogens with two attached hydrogens (primary N) is 1. The number of aromatic nitrogens is 4. The van der Waals surface area contributed by atoms with Crippen molar-refractivity contribution in [1.29, 1.82) is 0 Å². The summed E-state index contributed by atoms with van der Waals surface area (Å²) in [7, 11) is 0. The number of benzene rings is 1. The molecule has 3 rings (SSSR count). The van der Waals surface area contributed by atoms with Crippen LogP contribution in [0.2, 0.25) is 0 Å². The zero-order valence-electron chi connectivity index (χ0n) is 13.3. The van der Waals surface area contributed by atoms with Crippen molar-refractivity contribution in [2.75, 3.05) is 11.1 Å². The van der Waals surface area contributed by atoms with Crippen LogP contribution in [0.25, 0.3) is 0 Å². The zero-order valence-corrected chi connectivity index (χ0v) is 13.3. The number of nitrogens with zero attached hydrogens (tertiary/aromatic N) is 4. The minimum Gasteiger partial charge on any atom is -0.478 e. The fourth-order valence-electron chi connectivity index (χ4n) is 2.27. The molecular weight excluding hydrogens is 343 g/mol. The predicted octanol–water partition coefficient (Wildman–Crippen LogP) is 1.39. The Morgan fingerprint density at radius 3 is 2.77 bits per heavy atom. The number of carbonyl (C=O) groups is 2. The molecule has 0 saturated heterocycles. The van der Waals surface area contributed by atoms with Gasteiger partial charge in [0.2, 0.25) is 0 Å². The molecule has 0 bridgehead atoms. The van der Waals surface area contributed by atoms with Crippen LogP contribution < -0.4 is 11.1 Å². The number of hydrogen-bond donors (Lipinski definition) is 3. The summed E-state index contributed by atoms with van der Waals surface area (Å²) in [6.07, 6.45) is 5.54. The first-order valence-electron chi connectivity index (χ1n) is 7.36. The lowest BCUT2D eigenvalue weighted by Crippen LogP contribution is -2.16. The summed E-state index contributed by atoms with van der Waals surface area (Å²) in [5.41, 5.74) is 5.65. The molecule has 3 aromatic rings. The number of nitrogen functional groups attached to an aromatic ring is 1. The van der Waals surface area contributed by atoms with Gasteiger partial charge in [0.15, 0.2) is 11.5 Å². The fourth-order valence-corrected chi connectivity index (χ4v) is 2.27. The molecular formula is C16H13FN6O3. The molecule has 0 fully saturated rings. The van der Waals surface area contributed by atoms with E-state index in [2.05, 4.69) is 20.4 Å². The number of hydrogen-bond acceptors (Lipinski definition) is 6. The van der Waals surface area contributed by atoms with Gasteiger partial charge in [0, 0.05) is 24.2 Å². The lowest BCUT2D eigenvalue weighted by molar-refractivity contribution is 0.0691. The molecule has 0 spiro atoms. The Bertz CT molecular complexity index is 988. The number of carbonyl (C=O) groups excluding carboxylic acids is 1. The molecule has 1 amide bonds. The second-order valence-electron chi connectivity index (χ2n) is 5.25. The molecule has 0 atom stereocenters. The van der Waals surface area contributed by atoms with E-state index in [4.69, 9.17) is 10.8 Å². The largest absolute Gasteiger partial charge is 0.478 e. The third-order valence-corrected chi connectivity index (χ3v) is 3.47. The van der Waals surface area contributed by atoms with Gasteiger partial charge in [-0.15, -0.1) is 0 Å². The van der Waals surface area contributed by atoms with E-state index in [0.29, 0.717) is 5.69 Å². The van der Waals surface area contributed by atoms with E-state index in [-0.39, 0.29) is 23.6 Å². The maximum Gasteiger partial charge on any atom is 0.338 e. The first-order chi connectivity index (χ1) is 12.5. The number of rotatable bonds is 5. The molecule has 2 heterocycles. The molecule has 1 aromatic carbocycles. The van der Waals surface area contributed by atoms with Gasteiger partial charge >= 0.3 is 5.97 Å². The van der Waals surface area contributed by atoms with Crippen molar-refractivity contribution in [3.8, 4) is 0 Å². The number of nitrogens with one attached hydrogen (secondary N) is 1. The Balaban J connectivity index is 1.75. The van der Waals surface area contributed by atoms with E-state index in [0.717, 1.165) is 0 Å². The highest BCUT2D eigenvalue weighted by molar-refractivity contribution is 6.05. The average Bonchev–Trinajstić information content (AvgIpc) is 3.03. The van der Waals surface area contributed by atoms with Crippen molar-refractivity contribution in [1.82, 2.24) is 19.7 Å². The van der Waals surface area contributed by atoms with Gasteiger partial charge in [-0.3, -0.25) is 9.48 Å². The van der Waals surface area contributed by atoms with Crippen LogP contribution in [-0.2, 0) is 6.54 Å². The molecule has 4 N–H and O–H groups in total. The normalized spacial score (nSPS) is 10.5. The zero-order chi connectivity index (χ0) is 18.7. The molecule has 132 valence electrons. The third kappa shape index (κ3) is 3.48. The van der Waals surface area contributed by atoms with Gasteiger partial charge in [0.1, 0.15) is 5.82 Å². The molecule has 2 aromatic heterocycles. The van der Waals surface area contributed by atoms with E-state index < -0.39 is 23.3 Å². The van der Waals surface area contributed by atoms with Crippen LogP contribution in [0.1, 0.15) is 26.4 Å². The van der Waals surface area contributed by atoms with E-state index >= 15 is 0 Å². The molecule has 0 aliphatic carbocycles. The molecule has 26 heavy (non-hydrogen) atoms. The Kier molecular flexibility index (Phi) is 4.56. The molecule has 0 radical (unpaired) electrons. The van der Waals surface area contributed by atoms with Crippen molar-refractivity contribution in [2.24, 2.45) is 0 Å². The fraction of sp³-hybridized carbons (Fsp3) is 0.0625. The Morgan fingerprint density at radius 2 is 2.04 bits per heavy atom. The van der Waals surface area contributed by atoms with Crippen LogP contribution in [-0.4, -0.2) is 36.7 Å². The van der Waals surface area contributed by atoms with Crippen LogP contribution in [0.4, 0.5) is 15.9 Å². The minimum atomic E-state index is -1.35. The van der Waals surface area contributed by atoms with E-state index in [1.54, 1.807) is 0 Å². The lowest BCUT2D eigenvalue weighted by atomic mass is 10.1. The first kappa shape index (κ1) is 17.0. The summed E-state index contributed by atoms with van der Waals surface area (Å²) in [6.45, 7) is -0.00386. The molecule has 10 heteroatoms. The van der Waals surface area contributed by atoms with Gasteiger partial charge in [-0.1, -0.05) is 12.1 Å². The third-order valence-electron chi connectivity index (χ3n) is 3.47. The van der Waals surface area contributed by atoms with Crippen LogP contribution in [0.3, 0.4) is 0 Å². The summed E-state index contributed by atoms with van der Waals surface area (Å²) in [6, 6.07) is 4.09. The lowest BCUT2D eigenvalue weighted by Gasteiger charge is -2.06. The van der Waals surface area contributed by atoms with Gasteiger partial charge in [0.25, 0.3) is 5.91 Å². The van der Waals surface area contributed by atoms with Crippen molar-refractivity contribution in [3.63, 3.8) is 0 Å². The topological polar surface area (TPSA) is 136 Å². The van der Waals surface area contributed by atoms with Crippen molar-refractivity contribution < 1.29 is 19.1 Å². The smallest absolute Gasteiger partial charge is 0.338 e. The van der Waals surface area contributed by atoms with Crippen LogP contribution in [0, 0.1) is 5.82 Å². The van der Waals surface area contributed by atoms with Gasteiger partial charge in [-0.05, 0) is 6.07 Å². The highest BCUT2D eigenvalue weighted by atomic mass is 19.1. The number of halogens is 1. The van der Waals surface area contributed by atoms with Crippen molar-refractivity contribution >= 4 is 23.4 Å². The maximum atomic E-state index is 14.2. The number of aromatic carboxylic acids is 1. The summed E-state index contributed by atoms with van der Waals surface area (Å²) < 4.78 is 15.5. The van der Waals surface area contributed by atoms with Gasteiger partial charge in [-0.2, -0.15) is 5.10 Å². The molecule has 9 nitrogen and oxygen atoms in total. The summed E-state index contributed by atoms with van der Waals surface area (Å²) in [4.78, 5) is 30.7. The first-order valence-corrected chi connectivity index (χ1v) is 7.36. The Morgan fingerprint density at radius 1 is 1.27 bits per heavy atom. The monoisotopic (exact) mass is 356 g/mol. The number of carboxylic acid groups (broad SMARTS) is 1. The van der Waals surface area contributed by atoms with E-state index in [1.807, 2.05) is 0 Å². The van der Waals surface area contributed by atoms with Gasteiger partial charge in [-0.25, -0.2) is 19.2 Å². The van der Waals surface area contributed by atoms with Crippen LogP contribution in [0.15, 0.2) is 43.0 Å². The Labute approximate surface area is 146 Å². The number of anilines is 2. The second kappa shape index (κ2) is 6.97. The quantitative estimate of drug-likeness (QED) is 0.628. The van der Waals surface area contributed by atoms with Crippen LogP contribution in [0.5, 0.6) is 0 Å². The van der Waals surface area contributed by atoms with Crippen LogP contribution >= 0.6 is 0 Å². The van der Waals surface area contributed by atoms with Crippen molar-refractivity contribution in [2.45, 2.75) is 6.54 Å². The van der Waals surface area contributed by atoms with Gasteiger partial charge < -0.3 is 16.2 Å². The minimum absolute atomic E-state index is 0.00386. The highest BCUT2D eigenvalue weighted by Gasteiger charge is 2.15. The second-order valence-corrected chi connectivity index (χ2v) is 5.25. The SMILES string of the molecule is Nc1nccnc1C(=O)Nc1cnn(Cc2cccc(C(=O)O)c2F)c1.